The van der Waals surface area contributed by atoms with E-state index >= 15 is 0 Å². The largest absolute Gasteiger partial charge is 0.351 e. The fourth-order valence-electron chi connectivity index (χ4n) is 3.88. The molecule has 0 atom stereocenters. The number of nitrogens with zero attached hydrogens (tertiary/aromatic N) is 4. The van der Waals surface area contributed by atoms with E-state index in [2.05, 4.69) is 32.5 Å². The zero-order valence-electron chi connectivity index (χ0n) is 14.5. The van der Waals surface area contributed by atoms with Gasteiger partial charge in [-0.3, -0.25) is 0 Å². The molecule has 1 saturated carbocycles. The molecule has 1 N–H and O–H groups in total. The normalized spacial score (nSPS) is 19.2. The molecule has 1 aromatic carbocycles. The molecule has 132 valence electrons. The van der Waals surface area contributed by atoms with Crippen LogP contribution in [0.4, 0.5) is 10.6 Å². The molecule has 25 heavy (non-hydrogen) atoms. The summed E-state index contributed by atoms with van der Waals surface area (Å²) in [5.74, 6) is 0.922. The first-order valence-corrected chi connectivity index (χ1v) is 9.32. The highest BCUT2D eigenvalue weighted by molar-refractivity contribution is 5.91. The van der Waals surface area contributed by atoms with Gasteiger partial charge in [0, 0.05) is 43.0 Å². The van der Waals surface area contributed by atoms with Crippen LogP contribution >= 0.6 is 0 Å². The van der Waals surface area contributed by atoms with Crippen molar-refractivity contribution < 1.29 is 4.79 Å². The highest BCUT2D eigenvalue weighted by atomic mass is 16.2. The summed E-state index contributed by atoms with van der Waals surface area (Å²) in [6, 6.07) is 8.64. The van der Waals surface area contributed by atoms with Crippen molar-refractivity contribution in [2.24, 2.45) is 0 Å². The monoisotopic (exact) mass is 339 g/mol. The van der Waals surface area contributed by atoms with Crippen molar-refractivity contribution in [1.82, 2.24) is 20.4 Å². The van der Waals surface area contributed by atoms with E-state index in [1.54, 1.807) is 6.20 Å². The molecule has 0 unspecified atom stereocenters. The Morgan fingerprint density at radius 3 is 2.60 bits per heavy atom. The summed E-state index contributed by atoms with van der Waals surface area (Å²) in [4.78, 5) is 16.7. The van der Waals surface area contributed by atoms with Crippen molar-refractivity contribution in [2.75, 3.05) is 31.1 Å². The second kappa shape index (κ2) is 7.25. The fraction of sp³-hybridized carbons (Fsp3) is 0.526. The lowest BCUT2D eigenvalue weighted by Crippen LogP contribution is -2.54. The van der Waals surface area contributed by atoms with E-state index in [1.165, 1.54) is 19.3 Å². The van der Waals surface area contributed by atoms with Crippen molar-refractivity contribution >= 4 is 22.6 Å². The molecule has 2 aliphatic rings. The summed E-state index contributed by atoms with van der Waals surface area (Å²) < 4.78 is 0. The molecule has 2 amide bonds. The van der Waals surface area contributed by atoms with Crippen molar-refractivity contribution in [2.45, 2.75) is 38.1 Å². The Morgan fingerprint density at radius 2 is 1.80 bits per heavy atom. The van der Waals surface area contributed by atoms with Gasteiger partial charge in [-0.15, -0.1) is 5.10 Å². The molecule has 2 heterocycles. The van der Waals surface area contributed by atoms with Gasteiger partial charge >= 0.3 is 6.03 Å². The minimum Gasteiger partial charge on any atom is -0.351 e. The Morgan fingerprint density at radius 1 is 1.04 bits per heavy atom. The molecular weight excluding hydrogens is 314 g/mol. The van der Waals surface area contributed by atoms with Crippen molar-refractivity contribution in [3.63, 3.8) is 0 Å². The Balaban J connectivity index is 1.38. The standard InChI is InChI=1S/C19H25N5O/c25-19(21-16-7-2-1-3-8-16)24-12-10-23(11-13-24)18-17-9-5-4-6-15(17)14-20-22-18/h4-6,9,14,16H,1-3,7-8,10-13H2,(H,21,25). The van der Waals surface area contributed by atoms with Crippen LogP contribution < -0.4 is 10.2 Å². The number of hydrogen-bond donors (Lipinski definition) is 1. The number of urea groups is 1. The SMILES string of the molecule is O=C(NC1CCCCC1)N1CCN(c2nncc3ccccc23)CC1. The zero-order chi connectivity index (χ0) is 17.1. The van der Waals surface area contributed by atoms with Gasteiger partial charge in [-0.05, 0) is 12.8 Å². The van der Waals surface area contributed by atoms with Gasteiger partial charge in [-0.2, -0.15) is 5.10 Å². The van der Waals surface area contributed by atoms with E-state index in [-0.39, 0.29) is 6.03 Å². The van der Waals surface area contributed by atoms with Crippen LogP contribution in [0.3, 0.4) is 0 Å². The van der Waals surface area contributed by atoms with Gasteiger partial charge in [0.15, 0.2) is 5.82 Å². The summed E-state index contributed by atoms with van der Waals surface area (Å²) in [5, 5.41) is 13.9. The Kier molecular flexibility index (Phi) is 4.68. The molecule has 2 aromatic rings. The predicted molar refractivity (Wildman–Crippen MR) is 98.7 cm³/mol. The number of hydrogen-bond acceptors (Lipinski definition) is 4. The highest BCUT2D eigenvalue weighted by Gasteiger charge is 2.25. The third-order valence-electron chi connectivity index (χ3n) is 5.35. The van der Waals surface area contributed by atoms with Gasteiger partial charge in [0.2, 0.25) is 0 Å². The topological polar surface area (TPSA) is 61.4 Å². The number of nitrogens with one attached hydrogen (secondary N) is 1. The number of benzene rings is 1. The minimum absolute atomic E-state index is 0.0931. The lowest BCUT2D eigenvalue weighted by molar-refractivity contribution is 0.186. The number of carbonyl (C=O) groups excluding carboxylic acids is 1. The first kappa shape index (κ1) is 16.1. The van der Waals surface area contributed by atoms with Crippen LogP contribution in [0.15, 0.2) is 30.5 Å². The molecule has 0 spiro atoms. The molecule has 1 aliphatic carbocycles. The van der Waals surface area contributed by atoms with E-state index in [9.17, 15) is 4.79 Å². The Hall–Kier alpha value is -2.37. The quantitative estimate of drug-likeness (QED) is 0.914. The smallest absolute Gasteiger partial charge is 0.317 e. The summed E-state index contributed by atoms with van der Waals surface area (Å²) in [5.41, 5.74) is 0. The second-order valence-corrected chi connectivity index (χ2v) is 7.01. The van der Waals surface area contributed by atoms with E-state index in [4.69, 9.17) is 0 Å². The molecule has 4 rings (SSSR count). The third kappa shape index (κ3) is 3.52. The number of aromatic nitrogens is 2. The lowest BCUT2D eigenvalue weighted by Gasteiger charge is -2.36. The van der Waals surface area contributed by atoms with Crippen LogP contribution in [0.5, 0.6) is 0 Å². The van der Waals surface area contributed by atoms with Crippen LogP contribution in [-0.4, -0.2) is 53.3 Å². The molecule has 0 radical (unpaired) electrons. The predicted octanol–water partition coefficient (Wildman–Crippen LogP) is 2.79. The molecule has 1 saturated heterocycles. The molecule has 6 nitrogen and oxygen atoms in total. The highest BCUT2D eigenvalue weighted by Crippen LogP contribution is 2.24. The number of rotatable bonds is 2. The van der Waals surface area contributed by atoms with E-state index in [0.29, 0.717) is 6.04 Å². The molecule has 0 bridgehead atoms. The average molecular weight is 339 g/mol. The minimum atomic E-state index is 0.0931. The van der Waals surface area contributed by atoms with E-state index in [0.717, 1.165) is 55.6 Å². The second-order valence-electron chi connectivity index (χ2n) is 7.01. The number of anilines is 1. The molecule has 1 aliphatic heterocycles. The van der Waals surface area contributed by atoms with Gasteiger partial charge < -0.3 is 15.1 Å². The molecule has 2 fully saturated rings. The average Bonchev–Trinajstić information content (AvgIpc) is 2.68. The van der Waals surface area contributed by atoms with Crippen LogP contribution in [-0.2, 0) is 0 Å². The van der Waals surface area contributed by atoms with Crippen LogP contribution in [0.2, 0.25) is 0 Å². The number of carbonyl (C=O) groups is 1. The van der Waals surface area contributed by atoms with Gasteiger partial charge in [0.25, 0.3) is 0 Å². The number of amides is 2. The first-order chi connectivity index (χ1) is 12.3. The summed E-state index contributed by atoms with van der Waals surface area (Å²) in [6.07, 6.45) is 7.81. The van der Waals surface area contributed by atoms with E-state index in [1.807, 2.05) is 17.0 Å². The number of fused-ring (bicyclic) bond motifs is 1. The van der Waals surface area contributed by atoms with Gasteiger partial charge in [0.05, 0.1) is 6.20 Å². The van der Waals surface area contributed by atoms with Crippen molar-refractivity contribution in [3.05, 3.63) is 30.5 Å². The van der Waals surface area contributed by atoms with Crippen molar-refractivity contribution in [1.29, 1.82) is 0 Å². The van der Waals surface area contributed by atoms with Crippen LogP contribution in [0.1, 0.15) is 32.1 Å². The third-order valence-corrected chi connectivity index (χ3v) is 5.35. The maximum absolute atomic E-state index is 12.5. The lowest BCUT2D eigenvalue weighted by atomic mass is 9.96. The Bertz CT molecular complexity index is 730. The zero-order valence-corrected chi connectivity index (χ0v) is 14.5. The van der Waals surface area contributed by atoms with Crippen LogP contribution in [0, 0.1) is 0 Å². The maximum Gasteiger partial charge on any atom is 0.317 e. The van der Waals surface area contributed by atoms with E-state index < -0.39 is 0 Å². The fourth-order valence-corrected chi connectivity index (χ4v) is 3.88. The summed E-state index contributed by atoms with van der Waals surface area (Å²) in [7, 11) is 0. The number of piperazine rings is 1. The van der Waals surface area contributed by atoms with Gasteiger partial charge in [0.1, 0.15) is 0 Å². The van der Waals surface area contributed by atoms with Crippen LogP contribution in [0.25, 0.3) is 10.8 Å². The molecule has 1 aromatic heterocycles. The van der Waals surface area contributed by atoms with Crippen molar-refractivity contribution in [3.8, 4) is 0 Å². The van der Waals surface area contributed by atoms with Gasteiger partial charge in [-0.25, -0.2) is 4.79 Å². The molecular formula is C19H25N5O. The summed E-state index contributed by atoms with van der Waals surface area (Å²) in [6.45, 7) is 3.04. The van der Waals surface area contributed by atoms with Gasteiger partial charge in [-0.1, -0.05) is 43.5 Å². The Labute approximate surface area is 148 Å². The first-order valence-electron chi connectivity index (χ1n) is 9.32. The maximum atomic E-state index is 12.5. The molecule has 6 heteroatoms. The summed E-state index contributed by atoms with van der Waals surface area (Å²) >= 11 is 0.